The fourth-order valence-electron chi connectivity index (χ4n) is 7.99. The molecule has 5 heteroatoms. The molecule has 0 aliphatic carbocycles. The maximum Gasteiger partial charge on any atom is 0.164 e. The molecule has 56 heavy (non-hydrogen) atoms. The Kier molecular flexibility index (Phi) is 5.41. The van der Waals surface area contributed by atoms with E-state index >= 15 is 0 Å². The van der Waals surface area contributed by atoms with Crippen molar-refractivity contribution in [3.63, 3.8) is 0 Å². The lowest BCUT2D eigenvalue weighted by Crippen LogP contribution is -2.00. The molecule has 3 heterocycles. The van der Waals surface area contributed by atoms with Crippen molar-refractivity contribution in [3.8, 4) is 45.3 Å². The fourth-order valence-corrected chi connectivity index (χ4v) is 7.99. The lowest BCUT2D eigenvalue weighted by atomic mass is 9.92. The second-order valence-electron chi connectivity index (χ2n) is 13.8. The Morgan fingerprint density at radius 2 is 0.946 bits per heavy atom. The van der Waals surface area contributed by atoms with Crippen LogP contribution >= 0.6 is 0 Å². The van der Waals surface area contributed by atoms with E-state index in [0.29, 0.717) is 33.9 Å². The van der Waals surface area contributed by atoms with Crippen LogP contribution in [0, 0.1) is 0 Å². The molecule has 0 N–H and O–H groups in total. The number of benzene rings is 9. The molecule has 0 bridgehead atoms. The van der Waals surface area contributed by atoms with Gasteiger partial charge in [-0.1, -0.05) is 133 Å². The van der Waals surface area contributed by atoms with Gasteiger partial charge in [-0.2, -0.15) is 0 Å². The van der Waals surface area contributed by atoms with Gasteiger partial charge in [0.25, 0.3) is 0 Å². The summed E-state index contributed by atoms with van der Waals surface area (Å²) in [5.74, 6) is 0.600. The molecule has 260 valence electrons. The summed E-state index contributed by atoms with van der Waals surface area (Å²) in [5.41, 5.74) is 3.62. The first-order valence-electron chi connectivity index (χ1n) is 21.3. The number of fused-ring (bicyclic) bond motifs is 12. The summed E-state index contributed by atoms with van der Waals surface area (Å²) in [4.78, 5) is 14.5. The van der Waals surface area contributed by atoms with Gasteiger partial charge in [0, 0.05) is 43.8 Å². The molecule has 0 aliphatic rings. The number of para-hydroxylation sites is 2. The topological polar surface area (TPSA) is 65.0 Å². The molecular formula is C51H29N3O2. The molecule has 0 saturated heterocycles. The fraction of sp³-hybridized carbons (Fsp3) is 0. The van der Waals surface area contributed by atoms with Gasteiger partial charge in [0.2, 0.25) is 0 Å². The molecule has 0 fully saturated rings. The average molecular weight is 722 g/mol. The van der Waals surface area contributed by atoms with Gasteiger partial charge in [0.15, 0.2) is 17.5 Å². The van der Waals surface area contributed by atoms with Crippen LogP contribution in [0.5, 0.6) is 0 Å². The SMILES string of the molecule is [2H]c1c([2H])c([2H])c2c(oc3c([2H])c(-c4nc(-c5ccccc5)nc(-c5ccc6oc7ccccc7c6c5)n4)c([2H])c([2H])c32)c1-c1ccc2c3ccccc3c3ccccc3c2c1. The minimum Gasteiger partial charge on any atom is -0.456 e. The van der Waals surface area contributed by atoms with E-state index in [2.05, 4.69) is 24.3 Å². The molecule has 0 saturated carbocycles. The summed E-state index contributed by atoms with van der Waals surface area (Å²) in [6.07, 6.45) is 0. The van der Waals surface area contributed by atoms with Gasteiger partial charge in [-0.3, -0.25) is 0 Å². The summed E-state index contributed by atoms with van der Waals surface area (Å²) in [7, 11) is 0. The van der Waals surface area contributed by atoms with E-state index in [0.717, 1.165) is 48.7 Å². The van der Waals surface area contributed by atoms with Crippen LogP contribution in [0.25, 0.3) is 121 Å². The van der Waals surface area contributed by atoms with E-state index in [4.69, 9.17) is 26.5 Å². The predicted molar refractivity (Wildman–Crippen MR) is 229 cm³/mol. The van der Waals surface area contributed by atoms with Gasteiger partial charge in [-0.25, -0.2) is 15.0 Å². The zero-order valence-corrected chi connectivity index (χ0v) is 29.4. The molecule has 9 aromatic carbocycles. The standard InChI is InChI=1S/C51H29N3O2/c1-2-11-30(12-3-1)49-52-50(32-23-26-46-44(28-32)40-17-8-9-20-45(40)55-46)54-51(53-49)33-22-25-41-42-19-10-18-34(48(42)56-47(41)29-33)31-21-24-39-37-15-5-4-13-35(37)36-14-6-7-16-38(36)43(39)27-31/h1-29H/i10D,18D,19D,22D,25D,29D. The maximum absolute atomic E-state index is 9.64. The van der Waals surface area contributed by atoms with E-state index in [9.17, 15) is 5.48 Å². The van der Waals surface area contributed by atoms with E-state index < -0.39 is 0 Å². The Bertz CT molecular complexity index is 3870. The first-order chi connectivity index (χ1) is 30.2. The Balaban J connectivity index is 1.11. The zero-order chi connectivity index (χ0) is 42.0. The van der Waals surface area contributed by atoms with Crippen molar-refractivity contribution in [3.05, 3.63) is 176 Å². The number of hydrogen-bond donors (Lipinski definition) is 0. The molecule has 0 atom stereocenters. The molecule has 0 radical (unpaired) electrons. The van der Waals surface area contributed by atoms with E-state index in [-0.39, 0.29) is 75.1 Å². The van der Waals surface area contributed by atoms with E-state index in [1.807, 2.05) is 115 Å². The largest absolute Gasteiger partial charge is 0.456 e. The van der Waals surface area contributed by atoms with Gasteiger partial charge < -0.3 is 8.83 Å². The highest BCUT2D eigenvalue weighted by Gasteiger charge is 2.18. The van der Waals surface area contributed by atoms with Gasteiger partial charge in [0.05, 0.1) is 8.22 Å². The van der Waals surface area contributed by atoms with Crippen LogP contribution in [-0.4, -0.2) is 15.0 Å². The Morgan fingerprint density at radius 3 is 1.71 bits per heavy atom. The van der Waals surface area contributed by atoms with Crippen LogP contribution < -0.4 is 0 Å². The molecule has 12 aromatic rings. The monoisotopic (exact) mass is 721 g/mol. The number of nitrogens with zero attached hydrogens (tertiary/aromatic N) is 3. The molecule has 0 spiro atoms. The normalized spacial score (nSPS) is 13.4. The van der Waals surface area contributed by atoms with Gasteiger partial charge in [-0.15, -0.1) is 0 Å². The third-order valence-corrected chi connectivity index (χ3v) is 10.6. The van der Waals surface area contributed by atoms with E-state index in [1.54, 1.807) is 0 Å². The Labute approximate surface area is 328 Å². The number of aromatic nitrogens is 3. The Hall–Kier alpha value is -7.63. The van der Waals surface area contributed by atoms with Crippen LogP contribution in [0.15, 0.2) is 185 Å². The lowest BCUT2D eigenvalue weighted by molar-refractivity contribution is 0.669. The quantitative estimate of drug-likeness (QED) is 0.169. The lowest BCUT2D eigenvalue weighted by Gasteiger charge is -2.12. The predicted octanol–water partition coefficient (Wildman–Crippen LogP) is 13.8. The minimum absolute atomic E-state index is 0.000766. The Morgan fingerprint density at radius 1 is 0.357 bits per heavy atom. The summed E-state index contributed by atoms with van der Waals surface area (Å²) in [6.45, 7) is 0. The summed E-state index contributed by atoms with van der Waals surface area (Å²) >= 11 is 0. The molecular weight excluding hydrogens is 687 g/mol. The minimum atomic E-state index is -0.350. The third-order valence-electron chi connectivity index (χ3n) is 10.6. The van der Waals surface area contributed by atoms with Gasteiger partial charge in [0.1, 0.15) is 22.3 Å². The molecule has 5 nitrogen and oxygen atoms in total. The van der Waals surface area contributed by atoms with Crippen LogP contribution in [0.3, 0.4) is 0 Å². The van der Waals surface area contributed by atoms with Crippen molar-refractivity contribution in [2.75, 3.05) is 0 Å². The van der Waals surface area contributed by atoms with Crippen LogP contribution in [0.2, 0.25) is 0 Å². The van der Waals surface area contributed by atoms with Crippen molar-refractivity contribution in [1.29, 1.82) is 0 Å². The van der Waals surface area contributed by atoms with Crippen molar-refractivity contribution in [2.45, 2.75) is 0 Å². The summed E-state index contributed by atoms with van der Waals surface area (Å²) in [5, 5.41) is 8.22. The van der Waals surface area contributed by atoms with Gasteiger partial charge in [-0.05, 0) is 80.3 Å². The smallest absolute Gasteiger partial charge is 0.164 e. The van der Waals surface area contributed by atoms with Crippen molar-refractivity contribution >= 4 is 76.2 Å². The molecule has 0 unspecified atom stereocenters. The number of furan rings is 2. The van der Waals surface area contributed by atoms with Gasteiger partial charge >= 0.3 is 0 Å². The zero-order valence-electron chi connectivity index (χ0n) is 35.4. The molecule has 3 aromatic heterocycles. The average Bonchev–Trinajstić information content (AvgIpc) is 3.90. The van der Waals surface area contributed by atoms with Crippen LogP contribution in [0.4, 0.5) is 0 Å². The number of rotatable bonds is 4. The molecule has 0 aliphatic heterocycles. The van der Waals surface area contributed by atoms with Crippen LogP contribution in [0.1, 0.15) is 8.22 Å². The first kappa shape index (κ1) is 25.4. The van der Waals surface area contributed by atoms with E-state index in [1.165, 1.54) is 0 Å². The second kappa shape index (κ2) is 11.9. The highest BCUT2D eigenvalue weighted by atomic mass is 16.3. The number of hydrogen-bond acceptors (Lipinski definition) is 5. The maximum atomic E-state index is 9.64. The third kappa shape index (κ3) is 4.71. The summed E-state index contributed by atoms with van der Waals surface area (Å²) in [6, 6.07) is 43.3. The highest BCUT2D eigenvalue weighted by molar-refractivity contribution is 6.26. The summed E-state index contributed by atoms with van der Waals surface area (Å²) < 4.78 is 68.4. The molecule has 12 rings (SSSR count). The second-order valence-corrected chi connectivity index (χ2v) is 13.8. The van der Waals surface area contributed by atoms with Crippen molar-refractivity contribution in [2.24, 2.45) is 0 Å². The first-order valence-corrected chi connectivity index (χ1v) is 18.3. The highest BCUT2D eigenvalue weighted by Crippen LogP contribution is 2.41. The van der Waals surface area contributed by atoms with Crippen molar-refractivity contribution < 1.29 is 17.1 Å². The van der Waals surface area contributed by atoms with Crippen molar-refractivity contribution in [1.82, 2.24) is 15.0 Å². The molecule has 0 amide bonds. The van der Waals surface area contributed by atoms with Crippen LogP contribution in [-0.2, 0) is 0 Å².